The first-order chi connectivity index (χ1) is 18.7. The highest BCUT2D eigenvalue weighted by Crippen LogP contribution is 2.32. The first-order valence-electron chi connectivity index (χ1n) is 13.7. The summed E-state index contributed by atoms with van der Waals surface area (Å²) in [4.78, 5) is 13.3. The molecule has 216 valence electrons. The number of hydrogen-bond acceptors (Lipinski definition) is 5. The van der Waals surface area contributed by atoms with Gasteiger partial charge in [0.05, 0.1) is 28.8 Å². The average molecular weight is 599 g/mol. The number of allylic oxidation sites excluding steroid dienone is 3. The number of amides is 1. The molecule has 1 fully saturated rings. The number of halogens is 2. The number of aromatic nitrogens is 2. The van der Waals surface area contributed by atoms with Crippen LogP contribution in [0.3, 0.4) is 0 Å². The molecule has 1 N–H and O–H groups in total. The third-order valence-corrected chi connectivity index (χ3v) is 8.31. The van der Waals surface area contributed by atoms with Crippen molar-refractivity contribution in [2.75, 3.05) is 12.4 Å². The molecular formula is C29H41Cl2N3O4S. The Balaban J connectivity index is 0.00000260. The molecule has 2 aromatic rings. The largest absolute Gasteiger partial charge is 0.348 e. The minimum absolute atomic E-state index is 0.00706. The van der Waals surface area contributed by atoms with Crippen molar-refractivity contribution in [1.29, 1.82) is 0 Å². The molecule has 0 radical (unpaired) electrons. The highest BCUT2D eigenvalue weighted by molar-refractivity contribution is 7.86. The van der Waals surface area contributed by atoms with E-state index in [1.807, 2.05) is 39.8 Å². The zero-order valence-electron chi connectivity index (χ0n) is 23.6. The van der Waals surface area contributed by atoms with Crippen LogP contribution in [0.4, 0.5) is 0 Å². The van der Waals surface area contributed by atoms with Crippen LogP contribution in [-0.4, -0.2) is 42.5 Å². The van der Waals surface area contributed by atoms with Gasteiger partial charge in [-0.25, -0.2) is 4.68 Å². The van der Waals surface area contributed by atoms with E-state index in [0.717, 1.165) is 42.5 Å². The van der Waals surface area contributed by atoms with Crippen LogP contribution in [0.5, 0.6) is 0 Å². The number of hydrogen-bond donors (Lipinski definition) is 1. The Hall–Kier alpha value is -2.13. The maximum Gasteiger partial charge on any atom is 0.272 e. The van der Waals surface area contributed by atoms with E-state index in [1.54, 1.807) is 35.9 Å². The Labute approximate surface area is 243 Å². The maximum absolute atomic E-state index is 13.3. The first-order valence-corrected chi connectivity index (χ1v) is 16.0. The van der Waals surface area contributed by atoms with Crippen LogP contribution >= 0.6 is 23.2 Å². The average Bonchev–Trinajstić information content (AvgIpc) is 3.24. The molecule has 1 amide bonds. The number of benzene rings is 1. The van der Waals surface area contributed by atoms with E-state index in [9.17, 15) is 13.2 Å². The van der Waals surface area contributed by atoms with Gasteiger partial charge in [0.1, 0.15) is 0 Å². The normalized spacial score (nSPS) is 14.8. The lowest BCUT2D eigenvalue weighted by molar-refractivity contribution is 0.0921. The molecule has 0 bridgehead atoms. The fraction of sp³-hybridized carbons (Fsp3) is 0.517. The highest BCUT2D eigenvalue weighted by atomic mass is 35.5. The molecule has 1 aromatic carbocycles. The number of carbonyl (C=O) groups excluding carboxylic acids is 1. The second-order valence-corrected chi connectivity index (χ2v) is 11.8. The Morgan fingerprint density at radius 1 is 1.18 bits per heavy atom. The Morgan fingerprint density at radius 2 is 1.87 bits per heavy atom. The summed E-state index contributed by atoms with van der Waals surface area (Å²) in [6.07, 6.45) is 11.8. The predicted octanol–water partition coefficient (Wildman–Crippen LogP) is 7.68. The summed E-state index contributed by atoms with van der Waals surface area (Å²) in [6.45, 7) is 9.55. The second-order valence-electron chi connectivity index (χ2n) is 9.17. The van der Waals surface area contributed by atoms with Crippen molar-refractivity contribution >= 4 is 44.8 Å². The summed E-state index contributed by atoms with van der Waals surface area (Å²) in [6, 6.07) is 5.30. The summed E-state index contributed by atoms with van der Waals surface area (Å²) in [7, 11) is -3.52. The van der Waals surface area contributed by atoms with Crippen LogP contribution in [0.15, 0.2) is 36.4 Å². The lowest BCUT2D eigenvalue weighted by atomic mass is 9.95. The number of nitrogens with zero attached hydrogens (tertiary/aromatic N) is 2. The SMILES string of the molecule is C/C=C(\C/C=C\COS(=O)(=O)CCC)c1c(C)c(C(=O)NC2CCCCC2)nn1-c1ccc(Cl)cc1Cl.CC. The minimum atomic E-state index is -3.52. The molecule has 1 aromatic heterocycles. The first kappa shape index (κ1) is 33.1. The fourth-order valence-corrected chi connectivity index (χ4v) is 5.89. The Bertz CT molecular complexity index is 1260. The van der Waals surface area contributed by atoms with E-state index < -0.39 is 10.1 Å². The molecule has 0 saturated heterocycles. The van der Waals surface area contributed by atoms with Gasteiger partial charge in [0.25, 0.3) is 16.0 Å². The quantitative estimate of drug-likeness (QED) is 0.212. The van der Waals surface area contributed by atoms with Crippen LogP contribution in [0.1, 0.15) is 94.4 Å². The highest BCUT2D eigenvalue weighted by Gasteiger charge is 2.25. The lowest BCUT2D eigenvalue weighted by Crippen LogP contribution is -2.36. The number of nitrogens with one attached hydrogen (secondary N) is 1. The predicted molar refractivity (Wildman–Crippen MR) is 161 cm³/mol. The fourth-order valence-electron chi connectivity index (χ4n) is 4.50. The molecule has 1 heterocycles. The Kier molecular flexibility index (Phi) is 13.7. The van der Waals surface area contributed by atoms with Gasteiger partial charge in [-0.05, 0) is 63.3 Å². The molecule has 3 rings (SSSR count). The molecular weight excluding hydrogens is 557 g/mol. The van der Waals surface area contributed by atoms with Crippen LogP contribution < -0.4 is 5.32 Å². The summed E-state index contributed by atoms with van der Waals surface area (Å²) in [5.41, 5.74) is 3.36. The minimum Gasteiger partial charge on any atom is -0.348 e. The van der Waals surface area contributed by atoms with E-state index >= 15 is 0 Å². The zero-order chi connectivity index (χ0) is 29.0. The van der Waals surface area contributed by atoms with Crippen molar-refractivity contribution < 1.29 is 17.4 Å². The van der Waals surface area contributed by atoms with Gasteiger partial charge < -0.3 is 5.32 Å². The van der Waals surface area contributed by atoms with Gasteiger partial charge in [-0.1, -0.05) is 81.5 Å². The monoisotopic (exact) mass is 597 g/mol. The van der Waals surface area contributed by atoms with Gasteiger partial charge in [0.15, 0.2) is 5.69 Å². The topological polar surface area (TPSA) is 90.3 Å². The summed E-state index contributed by atoms with van der Waals surface area (Å²) in [5.74, 6) is -0.206. The van der Waals surface area contributed by atoms with E-state index in [2.05, 4.69) is 5.32 Å². The van der Waals surface area contributed by atoms with Gasteiger partial charge in [-0.2, -0.15) is 13.5 Å². The lowest BCUT2D eigenvalue weighted by Gasteiger charge is -2.22. The van der Waals surface area contributed by atoms with Gasteiger partial charge in [-0.15, -0.1) is 0 Å². The summed E-state index contributed by atoms with van der Waals surface area (Å²) < 4.78 is 30.3. The molecule has 1 saturated carbocycles. The van der Waals surface area contributed by atoms with Gasteiger partial charge >= 0.3 is 0 Å². The van der Waals surface area contributed by atoms with Gasteiger partial charge in [-0.3, -0.25) is 8.98 Å². The molecule has 0 aliphatic heterocycles. The molecule has 1 aliphatic rings. The van der Waals surface area contributed by atoms with E-state index in [1.165, 1.54) is 6.42 Å². The molecule has 7 nitrogen and oxygen atoms in total. The van der Waals surface area contributed by atoms with Crippen LogP contribution in [-0.2, 0) is 14.3 Å². The van der Waals surface area contributed by atoms with Crippen molar-refractivity contribution in [1.82, 2.24) is 15.1 Å². The summed E-state index contributed by atoms with van der Waals surface area (Å²) in [5, 5.41) is 8.78. The van der Waals surface area contributed by atoms with Crippen molar-refractivity contribution in [2.45, 2.75) is 85.6 Å². The number of carbonyl (C=O) groups is 1. The Morgan fingerprint density at radius 3 is 2.49 bits per heavy atom. The van der Waals surface area contributed by atoms with Crippen molar-refractivity contribution in [3.05, 3.63) is 63.4 Å². The second kappa shape index (κ2) is 16.2. The molecule has 0 atom stereocenters. The molecule has 0 spiro atoms. The van der Waals surface area contributed by atoms with E-state index in [0.29, 0.717) is 34.3 Å². The third-order valence-electron chi connectivity index (χ3n) is 6.37. The smallest absolute Gasteiger partial charge is 0.272 e. The van der Waals surface area contributed by atoms with Crippen LogP contribution in [0.2, 0.25) is 10.0 Å². The molecule has 10 heteroatoms. The molecule has 0 unspecified atom stereocenters. The van der Waals surface area contributed by atoms with Crippen molar-refractivity contribution in [3.8, 4) is 5.69 Å². The van der Waals surface area contributed by atoms with Crippen LogP contribution in [0, 0.1) is 6.92 Å². The third kappa shape index (κ3) is 9.48. The van der Waals surface area contributed by atoms with Crippen molar-refractivity contribution in [2.24, 2.45) is 0 Å². The van der Waals surface area contributed by atoms with E-state index in [-0.39, 0.29) is 24.3 Å². The zero-order valence-corrected chi connectivity index (χ0v) is 25.9. The van der Waals surface area contributed by atoms with Crippen LogP contribution in [0.25, 0.3) is 11.3 Å². The summed E-state index contributed by atoms with van der Waals surface area (Å²) >= 11 is 12.7. The molecule has 39 heavy (non-hydrogen) atoms. The van der Waals surface area contributed by atoms with Gasteiger partial charge in [0, 0.05) is 16.6 Å². The molecule has 1 aliphatic carbocycles. The van der Waals surface area contributed by atoms with Crippen molar-refractivity contribution in [3.63, 3.8) is 0 Å². The van der Waals surface area contributed by atoms with E-state index in [4.69, 9.17) is 32.5 Å². The standard InChI is InChI=1S/C27H35Cl2N3O4S.C2H6/c1-4-17-37(34,35)36-16-10-9-11-20(5-2)26-19(3)25(27(33)30-22-12-7-6-8-13-22)31-32(26)24-15-14-21(28)18-23(24)29;1-2/h5,9-10,14-15,18,22H,4,6-8,11-13,16-17H2,1-3H3,(H,30,33);1-2H3/b10-9-,20-5+;. The maximum atomic E-state index is 13.3. The number of rotatable bonds is 11. The van der Waals surface area contributed by atoms with Gasteiger partial charge in [0.2, 0.25) is 0 Å².